The highest BCUT2D eigenvalue weighted by atomic mass is 16.1. The Morgan fingerprint density at radius 2 is 2.06 bits per heavy atom. The fourth-order valence-corrected chi connectivity index (χ4v) is 1.52. The molecule has 0 aliphatic heterocycles. The highest BCUT2D eigenvalue weighted by molar-refractivity contribution is 5.10. The van der Waals surface area contributed by atoms with Crippen LogP contribution in [-0.2, 0) is 13.6 Å². The zero-order valence-electron chi connectivity index (χ0n) is 12.1. The fraction of sp³-hybridized carbons (Fsp3) is 0.643. The summed E-state index contributed by atoms with van der Waals surface area (Å²) in [6.45, 7) is 10.2. The largest absolute Gasteiger partial charge is 0.319 e. The molecule has 0 aliphatic rings. The lowest BCUT2D eigenvalue weighted by atomic mass is 10.1. The monoisotopic (exact) mass is 251 g/mol. The minimum Gasteiger partial charge on any atom is -0.319 e. The molecule has 0 bridgehead atoms. The molecular formula is C14H25N3O. The third-order valence-electron chi connectivity index (χ3n) is 2.76. The summed E-state index contributed by atoms with van der Waals surface area (Å²) < 4.78 is 1.58. The SMILES string of the molecule is CC(CNC(C)(C)C)NCc1ccn(C)c(=O)c1. The van der Waals surface area contributed by atoms with Crippen molar-refractivity contribution in [3.8, 4) is 0 Å². The first-order valence-electron chi connectivity index (χ1n) is 6.42. The van der Waals surface area contributed by atoms with Gasteiger partial charge in [-0.3, -0.25) is 4.79 Å². The van der Waals surface area contributed by atoms with Gasteiger partial charge in [0, 0.05) is 44.0 Å². The molecule has 18 heavy (non-hydrogen) atoms. The van der Waals surface area contributed by atoms with Crippen molar-refractivity contribution in [1.82, 2.24) is 15.2 Å². The van der Waals surface area contributed by atoms with E-state index in [2.05, 4.69) is 38.3 Å². The maximum Gasteiger partial charge on any atom is 0.250 e. The van der Waals surface area contributed by atoms with Crippen LogP contribution in [0.3, 0.4) is 0 Å². The van der Waals surface area contributed by atoms with Crippen LogP contribution < -0.4 is 16.2 Å². The van der Waals surface area contributed by atoms with Crippen LogP contribution in [-0.4, -0.2) is 22.7 Å². The van der Waals surface area contributed by atoms with Crippen molar-refractivity contribution in [2.75, 3.05) is 6.54 Å². The van der Waals surface area contributed by atoms with E-state index in [1.165, 1.54) is 0 Å². The minimum absolute atomic E-state index is 0.0368. The van der Waals surface area contributed by atoms with E-state index < -0.39 is 0 Å². The Hall–Kier alpha value is -1.13. The van der Waals surface area contributed by atoms with Crippen molar-refractivity contribution < 1.29 is 0 Å². The summed E-state index contributed by atoms with van der Waals surface area (Å²) in [5.74, 6) is 0. The zero-order valence-corrected chi connectivity index (χ0v) is 12.1. The second-order valence-electron chi connectivity index (χ2n) is 5.90. The molecule has 0 saturated carbocycles. The first-order chi connectivity index (χ1) is 8.28. The summed E-state index contributed by atoms with van der Waals surface area (Å²) >= 11 is 0. The Balaban J connectivity index is 2.40. The highest BCUT2D eigenvalue weighted by Crippen LogP contribution is 1.99. The van der Waals surface area contributed by atoms with Crippen LogP contribution in [0.1, 0.15) is 33.3 Å². The number of aromatic nitrogens is 1. The molecule has 1 rings (SSSR count). The normalized spacial score (nSPS) is 13.6. The summed E-state index contributed by atoms with van der Waals surface area (Å²) in [5, 5.41) is 6.86. The third-order valence-corrected chi connectivity index (χ3v) is 2.76. The van der Waals surface area contributed by atoms with E-state index in [1.54, 1.807) is 23.9 Å². The average Bonchev–Trinajstić information content (AvgIpc) is 2.27. The van der Waals surface area contributed by atoms with Gasteiger partial charge in [-0.1, -0.05) is 0 Å². The average molecular weight is 251 g/mol. The number of hydrogen-bond acceptors (Lipinski definition) is 3. The Morgan fingerprint density at radius 3 is 2.61 bits per heavy atom. The van der Waals surface area contributed by atoms with Gasteiger partial charge in [0.2, 0.25) is 0 Å². The van der Waals surface area contributed by atoms with E-state index >= 15 is 0 Å². The second kappa shape index (κ2) is 6.16. The first kappa shape index (κ1) is 14.9. The van der Waals surface area contributed by atoms with Gasteiger partial charge in [-0.15, -0.1) is 0 Å². The number of rotatable bonds is 5. The van der Waals surface area contributed by atoms with Crippen molar-refractivity contribution in [3.63, 3.8) is 0 Å². The smallest absolute Gasteiger partial charge is 0.250 e. The maximum atomic E-state index is 11.5. The second-order valence-corrected chi connectivity index (χ2v) is 5.90. The van der Waals surface area contributed by atoms with Gasteiger partial charge in [0.25, 0.3) is 5.56 Å². The van der Waals surface area contributed by atoms with Crippen LogP contribution in [0.4, 0.5) is 0 Å². The Kier molecular flexibility index (Phi) is 5.11. The van der Waals surface area contributed by atoms with Gasteiger partial charge < -0.3 is 15.2 Å². The van der Waals surface area contributed by atoms with E-state index in [0.717, 1.165) is 18.7 Å². The van der Waals surface area contributed by atoms with Crippen molar-refractivity contribution >= 4 is 0 Å². The molecule has 1 aromatic rings. The lowest BCUT2D eigenvalue weighted by molar-refractivity contribution is 0.387. The van der Waals surface area contributed by atoms with Gasteiger partial charge >= 0.3 is 0 Å². The fourth-order valence-electron chi connectivity index (χ4n) is 1.52. The molecule has 0 aliphatic carbocycles. The van der Waals surface area contributed by atoms with Gasteiger partial charge in [-0.05, 0) is 39.3 Å². The molecule has 1 aromatic heterocycles. The predicted molar refractivity (Wildman–Crippen MR) is 75.7 cm³/mol. The predicted octanol–water partition coefficient (Wildman–Crippen LogP) is 1.25. The summed E-state index contributed by atoms with van der Waals surface area (Å²) in [6, 6.07) is 4.02. The first-order valence-corrected chi connectivity index (χ1v) is 6.42. The van der Waals surface area contributed by atoms with E-state index in [-0.39, 0.29) is 11.1 Å². The Bertz CT molecular complexity index is 431. The molecule has 102 valence electrons. The molecule has 2 N–H and O–H groups in total. The van der Waals surface area contributed by atoms with Crippen LogP contribution in [0.15, 0.2) is 23.1 Å². The maximum absolute atomic E-state index is 11.5. The van der Waals surface area contributed by atoms with Gasteiger partial charge in [0.05, 0.1) is 0 Å². The molecule has 0 amide bonds. The van der Waals surface area contributed by atoms with E-state index in [1.807, 2.05) is 6.07 Å². The van der Waals surface area contributed by atoms with Crippen molar-refractivity contribution in [1.29, 1.82) is 0 Å². The molecule has 0 spiro atoms. The van der Waals surface area contributed by atoms with Gasteiger partial charge in [0.1, 0.15) is 0 Å². The number of aryl methyl sites for hydroxylation is 1. The van der Waals surface area contributed by atoms with Gasteiger partial charge in [-0.2, -0.15) is 0 Å². The molecule has 0 aromatic carbocycles. The van der Waals surface area contributed by atoms with Crippen LogP contribution in [0.2, 0.25) is 0 Å². The molecular weight excluding hydrogens is 226 g/mol. The number of nitrogens with one attached hydrogen (secondary N) is 2. The lowest BCUT2D eigenvalue weighted by Gasteiger charge is -2.24. The van der Waals surface area contributed by atoms with Gasteiger partial charge in [0.15, 0.2) is 0 Å². The van der Waals surface area contributed by atoms with Gasteiger partial charge in [-0.25, -0.2) is 0 Å². The quantitative estimate of drug-likeness (QED) is 0.828. The molecule has 1 atom stereocenters. The van der Waals surface area contributed by atoms with Crippen LogP contribution in [0.25, 0.3) is 0 Å². The Morgan fingerprint density at radius 1 is 1.39 bits per heavy atom. The summed E-state index contributed by atoms with van der Waals surface area (Å²) in [5.41, 5.74) is 1.20. The number of pyridine rings is 1. The molecule has 4 nitrogen and oxygen atoms in total. The Labute approximate surface area is 109 Å². The van der Waals surface area contributed by atoms with Crippen LogP contribution >= 0.6 is 0 Å². The summed E-state index contributed by atoms with van der Waals surface area (Å²) in [7, 11) is 1.76. The number of hydrogen-bond donors (Lipinski definition) is 2. The van der Waals surface area contributed by atoms with Crippen LogP contribution in [0, 0.1) is 0 Å². The molecule has 0 radical (unpaired) electrons. The molecule has 0 saturated heterocycles. The third kappa shape index (κ3) is 5.47. The molecule has 1 heterocycles. The van der Waals surface area contributed by atoms with Crippen molar-refractivity contribution in [3.05, 3.63) is 34.2 Å². The van der Waals surface area contributed by atoms with Crippen molar-refractivity contribution in [2.45, 2.75) is 45.8 Å². The standard InChI is InChI=1S/C14H25N3O/c1-11(9-16-14(2,3)4)15-10-12-6-7-17(5)13(18)8-12/h6-8,11,15-16H,9-10H2,1-5H3. The zero-order chi connectivity index (χ0) is 13.8. The van der Waals surface area contributed by atoms with Crippen molar-refractivity contribution in [2.24, 2.45) is 7.05 Å². The summed E-state index contributed by atoms with van der Waals surface area (Å²) in [6.07, 6.45) is 1.80. The van der Waals surface area contributed by atoms with E-state index in [9.17, 15) is 4.79 Å². The molecule has 4 heteroatoms. The number of nitrogens with zero attached hydrogens (tertiary/aromatic N) is 1. The highest BCUT2D eigenvalue weighted by Gasteiger charge is 2.10. The summed E-state index contributed by atoms with van der Waals surface area (Å²) in [4.78, 5) is 11.5. The lowest BCUT2D eigenvalue weighted by Crippen LogP contribution is -2.44. The van der Waals surface area contributed by atoms with Crippen LogP contribution in [0.5, 0.6) is 0 Å². The molecule has 0 fully saturated rings. The van der Waals surface area contributed by atoms with E-state index in [0.29, 0.717) is 6.04 Å². The topological polar surface area (TPSA) is 46.1 Å². The van der Waals surface area contributed by atoms with E-state index in [4.69, 9.17) is 0 Å². The minimum atomic E-state index is 0.0368. The molecule has 1 unspecified atom stereocenters.